The number of carbonyl (C=O) groups is 1. The van der Waals surface area contributed by atoms with Gasteiger partial charge in [0, 0.05) is 10.9 Å². The Morgan fingerprint density at radius 3 is 2.59 bits per heavy atom. The second-order valence-electron chi connectivity index (χ2n) is 3.47. The third-order valence-electron chi connectivity index (χ3n) is 2.35. The van der Waals surface area contributed by atoms with Gasteiger partial charge in [-0.3, -0.25) is 0 Å². The number of hydrogen-bond acceptors (Lipinski definition) is 2. The SMILES string of the molecule is COC(=O)c1ccc2[nH]c(C(F)(F)F)cc2c1. The number of fused-ring (bicyclic) bond motifs is 1. The highest BCUT2D eigenvalue weighted by Crippen LogP contribution is 2.31. The van der Waals surface area contributed by atoms with Gasteiger partial charge in [0.1, 0.15) is 5.69 Å². The summed E-state index contributed by atoms with van der Waals surface area (Å²) in [5, 5.41) is 0.320. The maximum Gasteiger partial charge on any atom is 0.431 e. The molecule has 0 spiro atoms. The fourth-order valence-corrected chi connectivity index (χ4v) is 1.53. The van der Waals surface area contributed by atoms with Crippen molar-refractivity contribution in [3.8, 4) is 0 Å². The fraction of sp³-hybridized carbons (Fsp3) is 0.182. The van der Waals surface area contributed by atoms with Crippen LogP contribution in [0.15, 0.2) is 24.3 Å². The molecule has 90 valence electrons. The zero-order valence-electron chi connectivity index (χ0n) is 8.76. The van der Waals surface area contributed by atoms with Crippen LogP contribution in [0, 0.1) is 0 Å². The van der Waals surface area contributed by atoms with Crippen molar-refractivity contribution in [2.75, 3.05) is 7.11 Å². The topological polar surface area (TPSA) is 42.1 Å². The van der Waals surface area contributed by atoms with E-state index in [9.17, 15) is 18.0 Å². The van der Waals surface area contributed by atoms with Crippen molar-refractivity contribution in [2.45, 2.75) is 6.18 Å². The summed E-state index contributed by atoms with van der Waals surface area (Å²) < 4.78 is 41.8. The Labute approximate surface area is 94.2 Å². The Kier molecular flexibility index (Phi) is 2.57. The van der Waals surface area contributed by atoms with Gasteiger partial charge in [-0.15, -0.1) is 0 Å². The number of nitrogens with one attached hydrogen (secondary N) is 1. The number of aromatic amines is 1. The minimum atomic E-state index is -4.43. The quantitative estimate of drug-likeness (QED) is 0.782. The zero-order chi connectivity index (χ0) is 12.6. The number of carbonyl (C=O) groups excluding carboxylic acids is 1. The standard InChI is InChI=1S/C11H8F3NO2/c1-17-10(16)6-2-3-8-7(4-6)5-9(15-8)11(12,13)14/h2-5,15H,1H3. The molecule has 0 fully saturated rings. The van der Waals surface area contributed by atoms with E-state index in [0.29, 0.717) is 10.9 Å². The van der Waals surface area contributed by atoms with Gasteiger partial charge in [0.2, 0.25) is 0 Å². The van der Waals surface area contributed by atoms with Gasteiger partial charge in [-0.1, -0.05) is 0 Å². The smallest absolute Gasteiger partial charge is 0.431 e. The maximum absolute atomic E-state index is 12.4. The predicted molar refractivity (Wildman–Crippen MR) is 54.6 cm³/mol. The molecule has 1 aromatic carbocycles. The van der Waals surface area contributed by atoms with Gasteiger partial charge >= 0.3 is 12.1 Å². The third kappa shape index (κ3) is 2.11. The highest BCUT2D eigenvalue weighted by molar-refractivity contribution is 5.94. The Hall–Kier alpha value is -1.98. The molecule has 0 saturated carbocycles. The van der Waals surface area contributed by atoms with Crippen molar-refractivity contribution in [1.82, 2.24) is 4.98 Å². The zero-order valence-corrected chi connectivity index (χ0v) is 8.76. The van der Waals surface area contributed by atoms with Gasteiger partial charge in [0.15, 0.2) is 0 Å². The number of halogens is 3. The van der Waals surface area contributed by atoms with Crippen LogP contribution in [-0.2, 0) is 10.9 Å². The first-order valence-electron chi connectivity index (χ1n) is 4.70. The molecule has 0 amide bonds. The summed E-state index contributed by atoms with van der Waals surface area (Å²) >= 11 is 0. The predicted octanol–water partition coefficient (Wildman–Crippen LogP) is 2.97. The Balaban J connectivity index is 2.52. The Bertz CT molecular complexity index is 572. The van der Waals surface area contributed by atoms with Crippen LogP contribution in [0.3, 0.4) is 0 Å². The van der Waals surface area contributed by atoms with Crippen LogP contribution in [0.25, 0.3) is 10.9 Å². The van der Waals surface area contributed by atoms with Crippen molar-refractivity contribution in [1.29, 1.82) is 0 Å². The van der Waals surface area contributed by atoms with Crippen molar-refractivity contribution >= 4 is 16.9 Å². The molecule has 6 heteroatoms. The van der Waals surface area contributed by atoms with E-state index in [1.807, 2.05) is 0 Å². The normalized spacial score (nSPS) is 11.8. The molecule has 0 atom stereocenters. The van der Waals surface area contributed by atoms with Crippen LogP contribution in [0.1, 0.15) is 16.1 Å². The third-order valence-corrected chi connectivity index (χ3v) is 2.35. The van der Waals surface area contributed by atoms with Gasteiger partial charge in [0.05, 0.1) is 12.7 Å². The lowest BCUT2D eigenvalue weighted by molar-refractivity contribution is -0.140. The molecule has 0 aliphatic rings. The molecule has 2 aromatic rings. The molecule has 1 aromatic heterocycles. The second kappa shape index (κ2) is 3.80. The molecule has 0 aliphatic carbocycles. The molecule has 1 N–H and O–H groups in total. The van der Waals surface area contributed by atoms with Crippen molar-refractivity contribution in [2.24, 2.45) is 0 Å². The summed E-state index contributed by atoms with van der Waals surface area (Å²) in [6.07, 6.45) is -4.43. The number of methoxy groups -OCH3 is 1. The molecular formula is C11H8F3NO2. The van der Waals surface area contributed by atoms with E-state index in [0.717, 1.165) is 6.07 Å². The highest BCUT2D eigenvalue weighted by atomic mass is 19.4. The largest absolute Gasteiger partial charge is 0.465 e. The van der Waals surface area contributed by atoms with Crippen LogP contribution in [0.5, 0.6) is 0 Å². The average Bonchev–Trinajstić information content (AvgIpc) is 2.70. The maximum atomic E-state index is 12.4. The number of H-pyrrole nitrogens is 1. The minimum Gasteiger partial charge on any atom is -0.465 e. The summed E-state index contributed by atoms with van der Waals surface area (Å²) in [6, 6.07) is 5.14. The van der Waals surface area contributed by atoms with E-state index in [1.165, 1.54) is 25.3 Å². The average molecular weight is 243 g/mol. The number of benzene rings is 1. The molecule has 0 radical (unpaired) electrons. The molecule has 0 saturated heterocycles. The van der Waals surface area contributed by atoms with Crippen LogP contribution in [0.2, 0.25) is 0 Å². The summed E-state index contributed by atoms with van der Waals surface area (Å²) in [7, 11) is 1.21. The van der Waals surface area contributed by atoms with E-state index in [2.05, 4.69) is 9.72 Å². The Morgan fingerprint density at radius 1 is 1.29 bits per heavy atom. The van der Waals surface area contributed by atoms with Crippen LogP contribution in [-0.4, -0.2) is 18.1 Å². The molecule has 0 aliphatic heterocycles. The van der Waals surface area contributed by atoms with E-state index in [1.54, 1.807) is 0 Å². The molecule has 0 bridgehead atoms. The first-order valence-corrected chi connectivity index (χ1v) is 4.70. The number of aromatic nitrogens is 1. The number of esters is 1. The molecule has 1 heterocycles. The molecule has 3 nitrogen and oxygen atoms in total. The van der Waals surface area contributed by atoms with E-state index >= 15 is 0 Å². The molecular weight excluding hydrogens is 235 g/mol. The molecule has 2 rings (SSSR count). The number of rotatable bonds is 1. The lowest BCUT2D eigenvalue weighted by atomic mass is 10.1. The lowest BCUT2D eigenvalue weighted by Crippen LogP contribution is -2.04. The van der Waals surface area contributed by atoms with Crippen molar-refractivity contribution in [3.05, 3.63) is 35.5 Å². The number of alkyl halides is 3. The summed E-state index contributed by atoms with van der Waals surface area (Å²) in [6.45, 7) is 0. The molecule has 0 unspecified atom stereocenters. The van der Waals surface area contributed by atoms with Crippen LogP contribution < -0.4 is 0 Å². The van der Waals surface area contributed by atoms with Gasteiger partial charge in [-0.05, 0) is 24.3 Å². The highest BCUT2D eigenvalue weighted by Gasteiger charge is 2.32. The summed E-state index contributed by atoms with van der Waals surface area (Å²) in [4.78, 5) is 13.4. The monoisotopic (exact) mass is 243 g/mol. The first-order chi connectivity index (χ1) is 7.91. The minimum absolute atomic E-state index is 0.215. The van der Waals surface area contributed by atoms with Gasteiger partial charge in [-0.25, -0.2) is 4.79 Å². The number of hydrogen-bond donors (Lipinski definition) is 1. The second-order valence-corrected chi connectivity index (χ2v) is 3.47. The fourth-order valence-electron chi connectivity index (χ4n) is 1.53. The number of ether oxygens (including phenoxy) is 1. The summed E-state index contributed by atoms with van der Waals surface area (Å²) in [5.74, 6) is -0.582. The van der Waals surface area contributed by atoms with Gasteiger partial charge < -0.3 is 9.72 Å². The van der Waals surface area contributed by atoms with Gasteiger partial charge in [-0.2, -0.15) is 13.2 Å². The van der Waals surface area contributed by atoms with Crippen LogP contribution in [0.4, 0.5) is 13.2 Å². The Morgan fingerprint density at radius 2 is 2.00 bits per heavy atom. The van der Waals surface area contributed by atoms with Gasteiger partial charge in [0.25, 0.3) is 0 Å². The van der Waals surface area contributed by atoms with E-state index < -0.39 is 17.8 Å². The van der Waals surface area contributed by atoms with Crippen molar-refractivity contribution < 1.29 is 22.7 Å². The molecule has 17 heavy (non-hydrogen) atoms. The lowest BCUT2D eigenvalue weighted by Gasteiger charge is -2.00. The van der Waals surface area contributed by atoms with Crippen LogP contribution >= 0.6 is 0 Å². The van der Waals surface area contributed by atoms with E-state index in [4.69, 9.17) is 0 Å². The first kappa shape index (κ1) is 11.5. The van der Waals surface area contributed by atoms with E-state index in [-0.39, 0.29) is 5.56 Å². The van der Waals surface area contributed by atoms with Crippen molar-refractivity contribution in [3.63, 3.8) is 0 Å². The summed E-state index contributed by atoms with van der Waals surface area (Å²) in [5.41, 5.74) is -0.299.